The summed E-state index contributed by atoms with van der Waals surface area (Å²) >= 11 is 0. The Hall–Kier alpha value is 0.415. The van der Waals surface area contributed by atoms with Crippen LogP contribution in [0.4, 0.5) is 0 Å². The molecule has 0 aromatic heterocycles. The summed E-state index contributed by atoms with van der Waals surface area (Å²) in [5.41, 5.74) is 0. The molecule has 0 aliphatic heterocycles. The predicted molar refractivity (Wildman–Crippen MR) is 44.9 cm³/mol. The third-order valence-corrected chi connectivity index (χ3v) is 4.02. The minimum Gasteiger partial charge on any atom is -0.286 e. The van der Waals surface area contributed by atoms with Gasteiger partial charge in [0.05, 0.1) is 0 Å². The largest absolute Gasteiger partial charge is 0.286 e. The first-order valence-electron chi connectivity index (χ1n) is 2.98. The van der Waals surface area contributed by atoms with Crippen molar-refractivity contribution in [2.24, 2.45) is 0 Å². The Kier molecular flexibility index (Phi) is 2.96. The molecule has 1 atom stereocenters. The van der Waals surface area contributed by atoms with Gasteiger partial charge in [-0.3, -0.25) is 9.88 Å². The molecule has 2 heteroatoms. The van der Waals surface area contributed by atoms with E-state index in [2.05, 4.69) is 26.4 Å². The molecule has 0 amide bonds. The Labute approximate surface area is 55.7 Å². The van der Waals surface area contributed by atoms with Crippen molar-refractivity contribution in [1.29, 1.82) is 0 Å². The summed E-state index contributed by atoms with van der Waals surface area (Å²) in [5.74, 6) is 0. The summed E-state index contributed by atoms with van der Waals surface area (Å²) in [6.07, 6.45) is 5.52. The van der Waals surface area contributed by atoms with Gasteiger partial charge in [-0.05, 0) is 24.2 Å². The normalized spacial score (nSPS) is 18.0. The maximum atomic E-state index is 5.87. The van der Waals surface area contributed by atoms with Gasteiger partial charge in [0.25, 0.3) is 0 Å². The van der Waals surface area contributed by atoms with Crippen molar-refractivity contribution < 1.29 is 0 Å². The van der Waals surface area contributed by atoms with Gasteiger partial charge in [-0.2, -0.15) is 0 Å². The minimum absolute atomic E-state index is 0.711. The van der Waals surface area contributed by atoms with Gasteiger partial charge in [0.1, 0.15) is 7.12 Å². The SMILES string of the molecule is [B]S(C)(C)[C@H](C)CC. The van der Waals surface area contributed by atoms with E-state index >= 15 is 0 Å². The number of hydrogen-bond acceptors (Lipinski definition) is 0. The molecule has 0 bridgehead atoms. The Morgan fingerprint density at radius 1 is 1.50 bits per heavy atom. The molecule has 0 saturated carbocycles. The van der Waals surface area contributed by atoms with Crippen LogP contribution in [0.15, 0.2) is 0 Å². The summed E-state index contributed by atoms with van der Waals surface area (Å²) in [6.45, 7) is 4.40. The van der Waals surface area contributed by atoms with Gasteiger partial charge in [-0.25, -0.2) is 0 Å². The number of hydrogen-bond donors (Lipinski definition) is 0. The number of rotatable bonds is 2. The molecule has 0 nitrogen and oxygen atoms in total. The molecule has 48 valence electrons. The van der Waals surface area contributed by atoms with Crippen molar-refractivity contribution in [3.8, 4) is 0 Å². The first kappa shape index (κ1) is 8.41. The quantitative estimate of drug-likeness (QED) is 0.501. The lowest BCUT2D eigenvalue weighted by Gasteiger charge is -2.33. The molecular weight excluding hydrogens is 115 g/mol. The Morgan fingerprint density at radius 2 is 1.88 bits per heavy atom. The maximum Gasteiger partial charge on any atom is 0.137 e. The first-order valence-corrected chi connectivity index (χ1v) is 5.56. The zero-order valence-electron chi connectivity index (χ0n) is 6.27. The molecule has 0 aliphatic carbocycles. The van der Waals surface area contributed by atoms with Crippen LogP contribution in [0.25, 0.3) is 0 Å². The lowest BCUT2D eigenvalue weighted by atomic mass is 10.4. The van der Waals surface area contributed by atoms with E-state index in [1.165, 1.54) is 6.42 Å². The Balaban J connectivity index is 3.62. The Bertz CT molecular complexity index is 65.4. The van der Waals surface area contributed by atoms with E-state index in [9.17, 15) is 0 Å². The summed E-state index contributed by atoms with van der Waals surface area (Å²) in [5, 5.41) is 0.711. The van der Waals surface area contributed by atoms with E-state index in [4.69, 9.17) is 7.12 Å². The second kappa shape index (κ2) is 2.81. The van der Waals surface area contributed by atoms with Gasteiger partial charge in [0, 0.05) is 0 Å². The second-order valence-electron chi connectivity index (χ2n) is 2.71. The average Bonchev–Trinajstić information content (AvgIpc) is 1.62. The van der Waals surface area contributed by atoms with Crippen LogP contribution in [-0.4, -0.2) is 24.9 Å². The fraction of sp³-hybridized carbons (Fsp3) is 1.00. The summed E-state index contributed by atoms with van der Waals surface area (Å²) < 4.78 is 0. The third-order valence-electron chi connectivity index (χ3n) is 1.61. The van der Waals surface area contributed by atoms with Gasteiger partial charge < -0.3 is 0 Å². The molecule has 0 heterocycles. The molecular formula is C6H15BS. The molecule has 0 fully saturated rings. The van der Waals surface area contributed by atoms with E-state index < -0.39 is 9.88 Å². The van der Waals surface area contributed by atoms with E-state index in [0.717, 1.165) is 0 Å². The lowest BCUT2D eigenvalue weighted by molar-refractivity contribution is 0.901. The zero-order chi connectivity index (χ0) is 6.78. The highest BCUT2D eigenvalue weighted by Gasteiger charge is 2.10. The summed E-state index contributed by atoms with van der Waals surface area (Å²) in [6, 6.07) is 0. The molecule has 0 spiro atoms. The topological polar surface area (TPSA) is 0 Å². The molecule has 0 rings (SSSR count). The van der Waals surface area contributed by atoms with Crippen LogP contribution in [0.5, 0.6) is 0 Å². The van der Waals surface area contributed by atoms with E-state index in [1.54, 1.807) is 0 Å². The van der Waals surface area contributed by atoms with Crippen LogP contribution in [0.3, 0.4) is 0 Å². The van der Waals surface area contributed by atoms with E-state index in [0.29, 0.717) is 5.25 Å². The van der Waals surface area contributed by atoms with Gasteiger partial charge >= 0.3 is 0 Å². The zero-order valence-corrected chi connectivity index (χ0v) is 7.09. The van der Waals surface area contributed by atoms with Crippen molar-refractivity contribution in [3.05, 3.63) is 0 Å². The fourth-order valence-electron chi connectivity index (χ4n) is 0.430. The van der Waals surface area contributed by atoms with Gasteiger partial charge in [0.15, 0.2) is 0 Å². The highest BCUT2D eigenvalue weighted by Crippen LogP contribution is 2.40. The van der Waals surface area contributed by atoms with Crippen LogP contribution in [0.1, 0.15) is 20.3 Å². The monoisotopic (exact) mass is 130 g/mol. The van der Waals surface area contributed by atoms with Crippen LogP contribution in [0, 0.1) is 0 Å². The standard InChI is InChI=1S/C6H15BS/c1-5-6(2)8(3,4)7/h6H,5H2,1-4H3/t6-/m1/s1. The highest BCUT2D eigenvalue weighted by molar-refractivity contribution is 8.49. The van der Waals surface area contributed by atoms with Crippen LogP contribution < -0.4 is 0 Å². The van der Waals surface area contributed by atoms with Gasteiger partial charge in [-0.1, -0.05) is 13.8 Å². The van der Waals surface area contributed by atoms with Crippen LogP contribution >= 0.6 is 9.88 Å². The fourth-order valence-corrected chi connectivity index (χ4v) is 1.29. The minimum atomic E-state index is -0.753. The van der Waals surface area contributed by atoms with Crippen molar-refractivity contribution >= 4 is 17.0 Å². The third kappa shape index (κ3) is 2.66. The molecule has 0 unspecified atom stereocenters. The highest BCUT2D eigenvalue weighted by atomic mass is 32.3. The molecule has 0 aliphatic rings. The molecule has 0 saturated heterocycles. The Morgan fingerprint density at radius 3 is 1.88 bits per heavy atom. The lowest BCUT2D eigenvalue weighted by Crippen LogP contribution is -2.10. The molecule has 0 aromatic rings. The van der Waals surface area contributed by atoms with Crippen molar-refractivity contribution in [1.82, 2.24) is 0 Å². The molecule has 8 heavy (non-hydrogen) atoms. The van der Waals surface area contributed by atoms with Gasteiger partial charge in [-0.15, -0.1) is 0 Å². The van der Waals surface area contributed by atoms with E-state index in [-0.39, 0.29) is 0 Å². The smallest absolute Gasteiger partial charge is 0.137 e. The van der Waals surface area contributed by atoms with Crippen molar-refractivity contribution in [2.75, 3.05) is 12.5 Å². The molecule has 0 aromatic carbocycles. The van der Waals surface area contributed by atoms with E-state index in [1.807, 2.05) is 0 Å². The van der Waals surface area contributed by atoms with Crippen molar-refractivity contribution in [3.63, 3.8) is 0 Å². The predicted octanol–water partition coefficient (Wildman–Crippen LogP) is 1.93. The summed E-state index contributed by atoms with van der Waals surface area (Å²) in [4.78, 5) is 0. The first-order chi connectivity index (χ1) is 3.48. The van der Waals surface area contributed by atoms with Crippen LogP contribution in [0.2, 0.25) is 0 Å². The second-order valence-corrected chi connectivity index (χ2v) is 6.49. The molecule has 0 N–H and O–H groups in total. The summed E-state index contributed by atoms with van der Waals surface area (Å²) in [7, 11) is 5.12. The maximum absolute atomic E-state index is 5.87. The average molecular weight is 130 g/mol. The molecule has 2 radical (unpaired) electrons. The van der Waals surface area contributed by atoms with Crippen LogP contribution in [-0.2, 0) is 0 Å². The van der Waals surface area contributed by atoms with Crippen molar-refractivity contribution in [2.45, 2.75) is 25.5 Å². The van der Waals surface area contributed by atoms with Gasteiger partial charge in [0.2, 0.25) is 0 Å².